The van der Waals surface area contributed by atoms with Gasteiger partial charge in [-0.25, -0.2) is 0 Å². The van der Waals surface area contributed by atoms with Crippen molar-refractivity contribution in [3.05, 3.63) is 22.4 Å². The highest BCUT2D eigenvalue weighted by atomic mass is 79.9. The molecule has 0 aliphatic carbocycles. The first-order chi connectivity index (χ1) is 8.08. The monoisotopic (exact) mass is 317 g/mol. The summed E-state index contributed by atoms with van der Waals surface area (Å²) < 4.78 is 0. The van der Waals surface area contributed by atoms with Crippen molar-refractivity contribution in [1.29, 1.82) is 0 Å². The third-order valence-corrected chi connectivity index (χ3v) is 4.31. The lowest BCUT2D eigenvalue weighted by atomic mass is 10.1. The largest absolute Gasteiger partial charge is 0.481 e. The van der Waals surface area contributed by atoms with Crippen LogP contribution in [0.15, 0.2) is 17.5 Å². The minimum absolute atomic E-state index is 0.0199. The first-order valence-electron chi connectivity index (χ1n) is 5.26. The Balaban J connectivity index is 2.21. The molecule has 6 heteroatoms. The van der Waals surface area contributed by atoms with Crippen molar-refractivity contribution in [1.82, 2.24) is 4.90 Å². The SMILES string of the molecule is O=C(O)CC(c1cccs1)N1CC(Br)CC1=O. The van der Waals surface area contributed by atoms with Gasteiger partial charge in [-0.2, -0.15) is 0 Å². The van der Waals surface area contributed by atoms with Crippen LogP contribution in [0.2, 0.25) is 0 Å². The average molecular weight is 318 g/mol. The van der Waals surface area contributed by atoms with Crippen LogP contribution >= 0.6 is 27.3 Å². The third kappa shape index (κ3) is 2.87. The van der Waals surface area contributed by atoms with Crippen molar-refractivity contribution in [2.24, 2.45) is 0 Å². The number of amides is 1. The van der Waals surface area contributed by atoms with Crippen LogP contribution in [0.5, 0.6) is 0 Å². The first kappa shape index (κ1) is 12.6. The van der Waals surface area contributed by atoms with Gasteiger partial charge in [-0.05, 0) is 11.4 Å². The molecule has 1 aliphatic rings. The lowest BCUT2D eigenvalue weighted by Gasteiger charge is -2.25. The van der Waals surface area contributed by atoms with Crippen LogP contribution in [0.25, 0.3) is 0 Å². The van der Waals surface area contributed by atoms with Crippen LogP contribution in [0.4, 0.5) is 0 Å². The molecule has 0 spiro atoms. The minimum Gasteiger partial charge on any atom is -0.481 e. The zero-order valence-electron chi connectivity index (χ0n) is 9.01. The molecule has 4 nitrogen and oxygen atoms in total. The fraction of sp³-hybridized carbons (Fsp3) is 0.455. The highest BCUT2D eigenvalue weighted by molar-refractivity contribution is 9.09. The maximum absolute atomic E-state index is 11.8. The lowest BCUT2D eigenvalue weighted by molar-refractivity contribution is -0.139. The van der Waals surface area contributed by atoms with E-state index in [4.69, 9.17) is 5.11 Å². The number of carbonyl (C=O) groups is 2. The van der Waals surface area contributed by atoms with E-state index in [1.54, 1.807) is 4.90 Å². The summed E-state index contributed by atoms with van der Waals surface area (Å²) in [6, 6.07) is 3.43. The van der Waals surface area contributed by atoms with E-state index in [0.29, 0.717) is 13.0 Å². The van der Waals surface area contributed by atoms with Gasteiger partial charge in [0, 0.05) is 22.7 Å². The second-order valence-electron chi connectivity index (χ2n) is 3.98. The molecule has 1 fully saturated rings. The van der Waals surface area contributed by atoms with Crippen LogP contribution in [0.3, 0.4) is 0 Å². The minimum atomic E-state index is -0.880. The van der Waals surface area contributed by atoms with E-state index >= 15 is 0 Å². The normalized spacial score (nSPS) is 21.8. The maximum Gasteiger partial charge on any atom is 0.305 e. The molecular formula is C11H12BrNO3S. The fourth-order valence-electron chi connectivity index (χ4n) is 2.00. The Kier molecular flexibility index (Phi) is 3.83. The predicted molar refractivity (Wildman–Crippen MR) is 68.4 cm³/mol. The number of nitrogens with zero attached hydrogens (tertiary/aromatic N) is 1. The van der Waals surface area contributed by atoms with E-state index in [-0.39, 0.29) is 23.2 Å². The molecule has 2 unspecified atom stereocenters. The summed E-state index contributed by atoms with van der Waals surface area (Å²) in [4.78, 5) is 25.4. The molecular weight excluding hydrogens is 306 g/mol. The van der Waals surface area contributed by atoms with Crippen molar-refractivity contribution in [2.45, 2.75) is 23.7 Å². The number of hydrogen-bond acceptors (Lipinski definition) is 3. The molecule has 1 amide bonds. The molecule has 17 heavy (non-hydrogen) atoms. The predicted octanol–water partition coefficient (Wildman–Crippen LogP) is 2.26. The van der Waals surface area contributed by atoms with Gasteiger partial charge in [-0.1, -0.05) is 22.0 Å². The molecule has 2 rings (SSSR count). The van der Waals surface area contributed by atoms with Crippen LogP contribution in [0, 0.1) is 0 Å². The Hall–Kier alpha value is -0.880. The number of rotatable bonds is 4. The van der Waals surface area contributed by atoms with Crippen LogP contribution < -0.4 is 0 Å². The van der Waals surface area contributed by atoms with Gasteiger partial charge in [0.2, 0.25) is 5.91 Å². The summed E-state index contributed by atoms with van der Waals surface area (Å²) in [5, 5.41) is 10.8. The van der Waals surface area contributed by atoms with Crippen LogP contribution in [-0.2, 0) is 9.59 Å². The molecule has 1 aromatic heterocycles. The number of carboxylic acids is 1. The zero-order valence-corrected chi connectivity index (χ0v) is 11.4. The van der Waals surface area contributed by atoms with Gasteiger partial charge < -0.3 is 10.0 Å². The molecule has 2 atom stereocenters. The molecule has 1 aromatic rings. The van der Waals surface area contributed by atoms with Gasteiger partial charge in [0.05, 0.1) is 12.5 Å². The molecule has 1 aliphatic heterocycles. The Bertz CT molecular complexity index is 420. The average Bonchev–Trinajstić information content (AvgIpc) is 2.84. The Labute approximate surface area is 111 Å². The number of likely N-dealkylation sites (tertiary alicyclic amines) is 1. The molecule has 0 saturated carbocycles. The second-order valence-corrected chi connectivity index (χ2v) is 6.25. The quantitative estimate of drug-likeness (QED) is 0.867. The van der Waals surface area contributed by atoms with Crippen LogP contribution in [-0.4, -0.2) is 33.3 Å². The van der Waals surface area contributed by atoms with Crippen LogP contribution in [0.1, 0.15) is 23.8 Å². The van der Waals surface area contributed by atoms with E-state index in [0.717, 1.165) is 4.88 Å². The third-order valence-electron chi connectivity index (χ3n) is 2.73. The number of aliphatic carboxylic acids is 1. The van der Waals surface area contributed by atoms with Crippen molar-refractivity contribution >= 4 is 39.1 Å². The van der Waals surface area contributed by atoms with Gasteiger partial charge in [-0.3, -0.25) is 9.59 Å². The van der Waals surface area contributed by atoms with E-state index in [2.05, 4.69) is 15.9 Å². The standard InChI is InChI=1S/C11H12BrNO3S/c12-7-4-10(14)13(6-7)8(5-11(15)16)9-2-1-3-17-9/h1-3,7-8H,4-6H2,(H,15,16). The number of alkyl halides is 1. The van der Waals surface area contributed by atoms with Gasteiger partial charge >= 0.3 is 5.97 Å². The fourth-order valence-corrected chi connectivity index (χ4v) is 3.43. The number of thiophene rings is 1. The number of hydrogen-bond donors (Lipinski definition) is 1. The summed E-state index contributed by atoms with van der Waals surface area (Å²) >= 11 is 4.90. The molecule has 0 radical (unpaired) electrons. The summed E-state index contributed by atoms with van der Waals surface area (Å²) in [5.74, 6) is -0.860. The highest BCUT2D eigenvalue weighted by Crippen LogP contribution is 2.33. The first-order valence-corrected chi connectivity index (χ1v) is 7.06. The number of halogens is 1. The Morgan fingerprint density at radius 2 is 2.47 bits per heavy atom. The molecule has 2 heterocycles. The van der Waals surface area contributed by atoms with Crippen molar-refractivity contribution in [2.75, 3.05) is 6.54 Å². The van der Waals surface area contributed by atoms with E-state index < -0.39 is 5.97 Å². The molecule has 0 bridgehead atoms. The van der Waals surface area contributed by atoms with Gasteiger partial charge in [0.15, 0.2) is 0 Å². The number of carbonyl (C=O) groups excluding carboxylic acids is 1. The summed E-state index contributed by atoms with van der Waals surface area (Å²) in [6.07, 6.45) is 0.410. The molecule has 0 aromatic carbocycles. The van der Waals surface area contributed by atoms with Crippen molar-refractivity contribution in [3.8, 4) is 0 Å². The topological polar surface area (TPSA) is 57.6 Å². The second kappa shape index (κ2) is 5.18. The van der Waals surface area contributed by atoms with Gasteiger partial charge in [-0.15, -0.1) is 11.3 Å². The Morgan fingerprint density at radius 3 is 2.94 bits per heavy atom. The lowest BCUT2D eigenvalue weighted by Crippen LogP contribution is -2.31. The Morgan fingerprint density at radius 1 is 1.71 bits per heavy atom. The van der Waals surface area contributed by atoms with E-state index in [1.807, 2.05) is 17.5 Å². The maximum atomic E-state index is 11.8. The smallest absolute Gasteiger partial charge is 0.305 e. The highest BCUT2D eigenvalue weighted by Gasteiger charge is 2.35. The van der Waals surface area contributed by atoms with Gasteiger partial charge in [0.1, 0.15) is 0 Å². The summed E-state index contributed by atoms with van der Waals surface area (Å²) in [5.41, 5.74) is 0. The van der Waals surface area contributed by atoms with Crippen molar-refractivity contribution < 1.29 is 14.7 Å². The number of carboxylic acid groups (broad SMARTS) is 1. The molecule has 1 N–H and O–H groups in total. The molecule has 1 saturated heterocycles. The molecule has 92 valence electrons. The van der Waals surface area contributed by atoms with E-state index in [9.17, 15) is 9.59 Å². The zero-order chi connectivity index (χ0) is 12.4. The summed E-state index contributed by atoms with van der Waals surface area (Å²) in [7, 11) is 0. The summed E-state index contributed by atoms with van der Waals surface area (Å²) in [6.45, 7) is 0.578. The van der Waals surface area contributed by atoms with E-state index in [1.165, 1.54) is 11.3 Å². The van der Waals surface area contributed by atoms with Gasteiger partial charge in [0.25, 0.3) is 0 Å². The van der Waals surface area contributed by atoms with Crippen molar-refractivity contribution in [3.63, 3.8) is 0 Å².